The molecule has 0 radical (unpaired) electrons. The SMILES string of the molecule is CCOC(=O)C1=C(C)OC(N)=C(C#N)C1c1ccc(-c2cccc(B3OC(C)(C)C(C)(C)O3)c2)cc1. The molecule has 0 saturated carbocycles. The fraction of sp³-hybridized carbons (Fsp3) is 0.357. The van der Waals surface area contributed by atoms with E-state index in [0.717, 1.165) is 22.2 Å². The largest absolute Gasteiger partial charge is 0.494 e. The Hall–Kier alpha value is -3.54. The quantitative estimate of drug-likeness (QED) is 0.497. The second-order valence-corrected chi connectivity index (χ2v) is 9.95. The Bertz CT molecular complexity index is 1270. The summed E-state index contributed by atoms with van der Waals surface area (Å²) in [5, 5.41) is 9.78. The predicted molar refractivity (Wildman–Crippen MR) is 138 cm³/mol. The minimum Gasteiger partial charge on any atom is -0.463 e. The summed E-state index contributed by atoms with van der Waals surface area (Å²) in [6, 6.07) is 17.8. The molecule has 0 amide bonds. The van der Waals surface area contributed by atoms with Crippen LogP contribution in [0.2, 0.25) is 0 Å². The van der Waals surface area contributed by atoms with Gasteiger partial charge in [0.15, 0.2) is 0 Å². The first-order valence-corrected chi connectivity index (χ1v) is 12.0. The van der Waals surface area contributed by atoms with E-state index in [4.69, 9.17) is 24.5 Å². The van der Waals surface area contributed by atoms with E-state index in [-0.39, 0.29) is 23.6 Å². The lowest BCUT2D eigenvalue weighted by atomic mass is 9.77. The topological polar surface area (TPSA) is 104 Å². The normalized spacial score (nSPS) is 20.7. The predicted octanol–water partition coefficient (Wildman–Crippen LogP) is 4.30. The van der Waals surface area contributed by atoms with Crippen molar-refractivity contribution in [3.05, 3.63) is 76.9 Å². The highest BCUT2D eigenvalue weighted by Crippen LogP contribution is 2.40. The van der Waals surface area contributed by atoms with Crippen LogP contribution in [0.3, 0.4) is 0 Å². The molecule has 7 nitrogen and oxygen atoms in total. The molecule has 0 bridgehead atoms. The first kappa shape index (κ1) is 25.6. The summed E-state index contributed by atoms with van der Waals surface area (Å²) in [7, 11) is -0.456. The van der Waals surface area contributed by atoms with Gasteiger partial charge in [0.2, 0.25) is 5.88 Å². The summed E-state index contributed by atoms with van der Waals surface area (Å²) in [6.45, 7) is 11.7. The number of hydrogen-bond acceptors (Lipinski definition) is 7. The van der Waals surface area contributed by atoms with Crippen LogP contribution < -0.4 is 11.2 Å². The number of nitrogens with two attached hydrogens (primary N) is 1. The number of nitriles is 1. The summed E-state index contributed by atoms with van der Waals surface area (Å²) in [4.78, 5) is 12.7. The van der Waals surface area contributed by atoms with Crippen molar-refractivity contribution in [3.63, 3.8) is 0 Å². The van der Waals surface area contributed by atoms with Gasteiger partial charge in [-0.15, -0.1) is 0 Å². The average Bonchev–Trinajstić information content (AvgIpc) is 3.05. The zero-order valence-electron chi connectivity index (χ0n) is 21.5. The molecular formula is C28H31BN2O5. The number of benzene rings is 2. The van der Waals surface area contributed by atoms with Crippen molar-refractivity contribution in [1.29, 1.82) is 5.26 Å². The lowest BCUT2D eigenvalue weighted by Crippen LogP contribution is -2.41. The molecule has 2 aromatic carbocycles. The molecule has 2 N–H and O–H groups in total. The summed E-state index contributed by atoms with van der Waals surface area (Å²) >= 11 is 0. The Labute approximate surface area is 212 Å². The molecule has 2 heterocycles. The molecule has 1 saturated heterocycles. The monoisotopic (exact) mass is 486 g/mol. The van der Waals surface area contributed by atoms with Crippen LogP contribution in [0, 0.1) is 11.3 Å². The Kier molecular flexibility index (Phi) is 6.74. The van der Waals surface area contributed by atoms with Crippen molar-refractivity contribution < 1.29 is 23.6 Å². The molecule has 1 atom stereocenters. The smallest absolute Gasteiger partial charge is 0.463 e. The van der Waals surface area contributed by atoms with Crippen LogP contribution in [0.1, 0.15) is 53.0 Å². The summed E-state index contributed by atoms with van der Waals surface area (Å²) in [5.41, 5.74) is 9.26. The molecule has 0 spiro atoms. The zero-order valence-corrected chi connectivity index (χ0v) is 21.5. The number of allylic oxidation sites excluding steroid dienone is 2. The van der Waals surface area contributed by atoms with Gasteiger partial charge < -0.3 is 24.5 Å². The van der Waals surface area contributed by atoms with E-state index in [9.17, 15) is 10.1 Å². The highest BCUT2D eigenvalue weighted by molar-refractivity contribution is 6.62. The molecule has 0 aromatic heterocycles. The van der Waals surface area contributed by atoms with Crippen molar-refractivity contribution in [3.8, 4) is 17.2 Å². The van der Waals surface area contributed by atoms with Gasteiger partial charge in [-0.05, 0) is 63.7 Å². The number of rotatable bonds is 5. The van der Waals surface area contributed by atoms with Gasteiger partial charge in [0.25, 0.3) is 0 Å². The Morgan fingerprint density at radius 2 is 1.72 bits per heavy atom. The number of carbonyl (C=O) groups excluding carboxylic acids is 1. The maximum absolute atomic E-state index is 12.7. The van der Waals surface area contributed by atoms with Crippen molar-refractivity contribution in [2.24, 2.45) is 5.73 Å². The van der Waals surface area contributed by atoms with Gasteiger partial charge in [0.1, 0.15) is 17.4 Å². The van der Waals surface area contributed by atoms with E-state index < -0.39 is 30.2 Å². The van der Waals surface area contributed by atoms with E-state index >= 15 is 0 Å². The first-order valence-electron chi connectivity index (χ1n) is 12.0. The fourth-order valence-corrected chi connectivity index (χ4v) is 4.40. The van der Waals surface area contributed by atoms with Crippen LogP contribution in [0.5, 0.6) is 0 Å². The molecule has 0 aliphatic carbocycles. The highest BCUT2D eigenvalue weighted by Gasteiger charge is 2.51. The van der Waals surface area contributed by atoms with E-state index in [1.165, 1.54) is 0 Å². The van der Waals surface area contributed by atoms with E-state index in [2.05, 4.69) is 12.1 Å². The van der Waals surface area contributed by atoms with Gasteiger partial charge in [-0.25, -0.2) is 4.79 Å². The molecule has 4 rings (SSSR count). The molecular weight excluding hydrogens is 455 g/mol. The minimum atomic E-state index is -0.673. The fourth-order valence-electron chi connectivity index (χ4n) is 4.40. The third-order valence-electron chi connectivity index (χ3n) is 7.09. The van der Waals surface area contributed by atoms with Crippen molar-refractivity contribution in [1.82, 2.24) is 0 Å². The second kappa shape index (κ2) is 9.49. The standard InChI is InChI=1S/C28H31BN2O5/c1-7-33-26(32)23-17(2)34-25(31)22(16-30)24(23)19-13-11-18(12-14-19)20-9-8-10-21(15-20)29-35-27(3,4)28(5,6)36-29/h8-15,24H,7,31H2,1-6H3. The lowest BCUT2D eigenvalue weighted by Gasteiger charge is -2.32. The van der Waals surface area contributed by atoms with Gasteiger partial charge in [-0.3, -0.25) is 0 Å². The van der Waals surface area contributed by atoms with Crippen molar-refractivity contribution in [2.45, 2.75) is 58.7 Å². The Morgan fingerprint density at radius 1 is 1.08 bits per heavy atom. The van der Waals surface area contributed by atoms with Crippen LogP contribution in [-0.2, 0) is 23.6 Å². The lowest BCUT2D eigenvalue weighted by molar-refractivity contribution is -0.139. The van der Waals surface area contributed by atoms with Crippen molar-refractivity contribution in [2.75, 3.05) is 6.61 Å². The number of nitrogens with zero attached hydrogens (tertiary/aromatic N) is 1. The van der Waals surface area contributed by atoms with Crippen LogP contribution >= 0.6 is 0 Å². The molecule has 1 fully saturated rings. The number of hydrogen-bond donors (Lipinski definition) is 1. The maximum atomic E-state index is 12.7. The van der Waals surface area contributed by atoms with E-state index in [1.54, 1.807) is 13.8 Å². The van der Waals surface area contributed by atoms with Crippen LogP contribution in [-0.4, -0.2) is 30.9 Å². The molecule has 186 valence electrons. The maximum Gasteiger partial charge on any atom is 0.494 e. The first-order chi connectivity index (χ1) is 17.0. The van der Waals surface area contributed by atoms with Crippen LogP contribution in [0.15, 0.2) is 71.3 Å². The third-order valence-corrected chi connectivity index (χ3v) is 7.09. The Balaban J connectivity index is 1.66. The molecule has 2 aromatic rings. The van der Waals surface area contributed by atoms with Gasteiger partial charge in [-0.1, -0.05) is 48.5 Å². The third kappa shape index (κ3) is 4.52. The molecule has 1 unspecified atom stereocenters. The molecule has 2 aliphatic rings. The van der Waals surface area contributed by atoms with E-state index in [0.29, 0.717) is 5.76 Å². The van der Waals surface area contributed by atoms with Gasteiger partial charge in [0, 0.05) is 0 Å². The summed E-state index contributed by atoms with van der Waals surface area (Å²) < 4.78 is 23.2. The number of esters is 1. The Morgan fingerprint density at radius 3 is 2.31 bits per heavy atom. The van der Waals surface area contributed by atoms with Crippen LogP contribution in [0.4, 0.5) is 0 Å². The average molecular weight is 486 g/mol. The van der Waals surface area contributed by atoms with Gasteiger partial charge in [0.05, 0.1) is 29.3 Å². The minimum absolute atomic E-state index is 0.00719. The zero-order chi connectivity index (χ0) is 26.3. The second-order valence-electron chi connectivity index (χ2n) is 9.95. The number of carbonyl (C=O) groups is 1. The molecule has 2 aliphatic heterocycles. The molecule has 36 heavy (non-hydrogen) atoms. The van der Waals surface area contributed by atoms with Gasteiger partial charge in [-0.2, -0.15) is 5.26 Å². The van der Waals surface area contributed by atoms with Crippen LogP contribution in [0.25, 0.3) is 11.1 Å². The highest BCUT2D eigenvalue weighted by atomic mass is 16.7. The number of ether oxygens (including phenoxy) is 2. The summed E-state index contributed by atoms with van der Waals surface area (Å²) in [5.74, 6) is -0.881. The summed E-state index contributed by atoms with van der Waals surface area (Å²) in [6.07, 6.45) is 0. The van der Waals surface area contributed by atoms with E-state index in [1.807, 2.05) is 70.2 Å². The molecule has 8 heteroatoms. The van der Waals surface area contributed by atoms with Gasteiger partial charge >= 0.3 is 13.1 Å². The van der Waals surface area contributed by atoms with Crippen molar-refractivity contribution >= 4 is 18.6 Å².